The van der Waals surface area contributed by atoms with E-state index >= 15 is 0 Å². The van der Waals surface area contributed by atoms with E-state index in [1.165, 1.54) is 4.88 Å². The average molecular weight is 212 g/mol. The fourth-order valence-corrected chi connectivity index (χ4v) is 2.41. The summed E-state index contributed by atoms with van der Waals surface area (Å²) >= 11 is 1.77. The molecule has 0 aromatic carbocycles. The summed E-state index contributed by atoms with van der Waals surface area (Å²) in [6.07, 6.45) is 2.14. The fourth-order valence-electron chi connectivity index (χ4n) is 1.44. The maximum absolute atomic E-state index is 5.64. The molecule has 0 saturated carbocycles. The number of rotatable bonds is 2. The van der Waals surface area contributed by atoms with Crippen LogP contribution in [0.1, 0.15) is 35.8 Å². The van der Waals surface area contributed by atoms with Crippen LogP contribution >= 0.6 is 11.3 Å². The highest BCUT2D eigenvalue weighted by Crippen LogP contribution is 2.28. The van der Waals surface area contributed by atoms with Gasteiger partial charge >= 0.3 is 0 Å². The lowest BCUT2D eigenvalue weighted by atomic mass is 10.2. The fraction of sp³-hybridized carbons (Fsp3) is 0.700. The van der Waals surface area contributed by atoms with Crippen LogP contribution in [0.15, 0.2) is 6.20 Å². The Morgan fingerprint density at radius 2 is 2.50 bits per heavy atom. The maximum atomic E-state index is 5.64. The Morgan fingerprint density at radius 3 is 3.07 bits per heavy atom. The van der Waals surface area contributed by atoms with Gasteiger partial charge in [-0.1, -0.05) is 13.8 Å². The summed E-state index contributed by atoms with van der Waals surface area (Å²) < 4.78 is 5.64. The predicted molar refractivity (Wildman–Crippen MR) is 57.8 cm³/mol. The molecule has 0 radical (unpaired) electrons. The van der Waals surface area contributed by atoms with Crippen molar-refractivity contribution in [2.45, 2.75) is 25.9 Å². The summed E-state index contributed by atoms with van der Waals surface area (Å²) in [4.78, 5) is 5.76. The molecular weight excluding hydrogens is 196 g/mol. The lowest BCUT2D eigenvalue weighted by Crippen LogP contribution is -2.33. The van der Waals surface area contributed by atoms with Crippen molar-refractivity contribution in [3.05, 3.63) is 16.1 Å². The van der Waals surface area contributed by atoms with E-state index in [4.69, 9.17) is 4.74 Å². The summed E-state index contributed by atoms with van der Waals surface area (Å²) in [7, 11) is 0. The first-order chi connectivity index (χ1) is 6.77. The minimum atomic E-state index is 0.168. The van der Waals surface area contributed by atoms with Crippen LogP contribution in [-0.4, -0.2) is 24.7 Å². The van der Waals surface area contributed by atoms with Crippen molar-refractivity contribution in [1.82, 2.24) is 10.3 Å². The number of hydrogen-bond donors (Lipinski definition) is 1. The van der Waals surface area contributed by atoms with E-state index in [2.05, 4.69) is 24.1 Å². The number of nitrogens with zero attached hydrogens (tertiary/aromatic N) is 1. The molecular formula is C10H16N2OS. The second kappa shape index (κ2) is 4.38. The summed E-state index contributed by atoms with van der Waals surface area (Å²) in [5.74, 6) is 0.567. The Balaban J connectivity index is 2.07. The predicted octanol–water partition coefficient (Wildman–Crippen LogP) is 1.93. The molecule has 1 fully saturated rings. The van der Waals surface area contributed by atoms with Crippen LogP contribution < -0.4 is 5.32 Å². The summed E-state index contributed by atoms with van der Waals surface area (Å²) in [5, 5.41) is 4.43. The molecule has 1 saturated heterocycles. The number of nitrogens with one attached hydrogen (secondary N) is 1. The zero-order valence-corrected chi connectivity index (χ0v) is 9.43. The van der Waals surface area contributed by atoms with E-state index < -0.39 is 0 Å². The van der Waals surface area contributed by atoms with Gasteiger partial charge in [-0.2, -0.15) is 0 Å². The molecule has 1 unspecified atom stereocenters. The standard InChI is InChI=1S/C10H16N2OS/c1-7(2)9-6-12-10(14-9)8-5-11-3-4-13-8/h6-8,11H,3-5H2,1-2H3. The van der Waals surface area contributed by atoms with Gasteiger partial charge in [0.05, 0.1) is 6.61 Å². The monoisotopic (exact) mass is 212 g/mol. The highest BCUT2D eigenvalue weighted by Gasteiger charge is 2.19. The highest BCUT2D eigenvalue weighted by molar-refractivity contribution is 7.11. The average Bonchev–Trinajstić information content (AvgIpc) is 2.68. The van der Waals surface area contributed by atoms with Crippen molar-refractivity contribution in [2.75, 3.05) is 19.7 Å². The third kappa shape index (κ3) is 2.13. The van der Waals surface area contributed by atoms with Crippen LogP contribution in [0.2, 0.25) is 0 Å². The van der Waals surface area contributed by atoms with Gasteiger partial charge in [-0.3, -0.25) is 0 Å². The van der Waals surface area contributed by atoms with Crippen molar-refractivity contribution >= 4 is 11.3 Å². The molecule has 0 spiro atoms. The van der Waals surface area contributed by atoms with Crippen LogP contribution in [0.4, 0.5) is 0 Å². The largest absolute Gasteiger partial charge is 0.368 e. The normalized spacial score (nSPS) is 22.9. The van der Waals surface area contributed by atoms with Gasteiger partial charge in [0.15, 0.2) is 0 Å². The van der Waals surface area contributed by atoms with E-state index in [0.29, 0.717) is 5.92 Å². The molecule has 0 bridgehead atoms. The minimum absolute atomic E-state index is 0.168. The summed E-state index contributed by atoms with van der Waals surface area (Å²) in [6.45, 7) is 7.03. The second-order valence-electron chi connectivity index (χ2n) is 3.82. The van der Waals surface area contributed by atoms with Crippen molar-refractivity contribution in [3.8, 4) is 0 Å². The molecule has 1 N–H and O–H groups in total. The second-order valence-corrected chi connectivity index (χ2v) is 4.91. The number of ether oxygens (including phenoxy) is 1. The Hall–Kier alpha value is -0.450. The Morgan fingerprint density at radius 1 is 1.64 bits per heavy atom. The number of aromatic nitrogens is 1. The Kier molecular flexibility index (Phi) is 3.15. The van der Waals surface area contributed by atoms with Crippen LogP contribution in [0.5, 0.6) is 0 Å². The van der Waals surface area contributed by atoms with E-state index in [9.17, 15) is 0 Å². The molecule has 2 heterocycles. The molecule has 1 aliphatic rings. The molecule has 4 heteroatoms. The Labute approximate surface area is 88.5 Å². The third-order valence-electron chi connectivity index (χ3n) is 2.31. The van der Waals surface area contributed by atoms with E-state index in [1.807, 2.05) is 6.20 Å². The van der Waals surface area contributed by atoms with Crippen LogP contribution in [0, 0.1) is 0 Å². The molecule has 0 amide bonds. The molecule has 1 aromatic rings. The smallest absolute Gasteiger partial charge is 0.123 e. The van der Waals surface area contributed by atoms with E-state index in [0.717, 1.165) is 24.7 Å². The highest BCUT2D eigenvalue weighted by atomic mass is 32.1. The van der Waals surface area contributed by atoms with E-state index in [1.54, 1.807) is 11.3 Å². The maximum Gasteiger partial charge on any atom is 0.123 e. The van der Waals surface area contributed by atoms with Gasteiger partial charge in [-0.15, -0.1) is 11.3 Å². The SMILES string of the molecule is CC(C)c1cnc(C2CNCCO2)s1. The van der Waals surface area contributed by atoms with Crippen LogP contribution in [0.25, 0.3) is 0 Å². The van der Waals surface area contributed by atoms with Crippen LogP contribution in [0.3, 0.4) is 0 Å². The molecule has 14 heavy (non-hydrogen) atoms. The first kappa shape index (κ1) is 10.1. The molecule has 1 atom stereocenters. The molecule has 1 aliphatic heterocycles. The minimum Gasteiger partial charge on any atom is -0.368 e. The van der Waals surface area contributed by atoms with Crippen molar-refractivity contribution in [3.63, 3.8) is 0 Å². The number of hydrogen-bond acceptors (Lipinski definition) is 4. The van der Waals surface area contributed by atoms with Gasteiger partial charge in [0.2, 0.25) is 0 Å². The Bertz CT molecular complexity index is 292. The zero-order chi connectivity index (χ0) is 9.97. The van der Waals surface area contributed by atoms with Gasteiger partial charge in [0.25, 0.3) is 0 Å². The molecule has 78 valence electrons. The van der Waals surface area contributed by atoms with Gasteiger partial charge in [-0.05, 0) is 5.92 Å². The number of morpholine rings is 1. The van der Waals surface area contributed by atoms with Crippen molar-refractivity contribution < 1.29 is 4.74 Å². The zero-order valence-electron chi connectivity index (χ0n) is 8.62. The number of thiazole rings is 1. The van der Waals surface area contributed by atoms with Gasteiger partial charge in [0, 0.05) is 24.2 Å². The topological polar surface area (TPSA) is 34.2 Å². The lowest BCUT2D eigenvalue weighted by Gasteiger charge is -2.21. The van der Waals surface area contributed by atoms with Gasteiger partial charge in [0.1, 0.15) is 11.1 Å². The molecule has 0 aliphatic carbocycles. The van der Waals surface area contributed by atoms with Crippen molar-refractivity contribution in [1.29, 1.82) is 0 Å². The quantitative estimate of drug-likeness (QED) is 0.813. The van der Waals surface area contributed by atoms with Gasteiger partial charge < -0.3 is 10.1 Å². The van der Waals surface area contributed by atoms with Gasteiger partial charge in [-0.25, -0.2) is 4.98 Å². The summed E-state index contributed by atoms with van der Waals surface area (Å²) in [6, 6.07) is 0. The molecule has 2 rings (SSSR count). The molecule has 3 nitrogen and oxygen atoms in total. The summed E-state index contributed by atoms with van der Waals surface area (Å²) in [5.41, 5.74) is 0. The van der Waals surface area contributed by atoms with Crippen molar-refractivity contribution in [2.24, 2.45) is 0 Å². The molecule has 1 aromatic heterocycles. The third-order valence-corrected chi connectivity index (χ3v) is 3.70. The van der Waals surface area contributed by atoms with Crippen LogP contribution in [-0.2, 0) is 4.74 Å². The first-order valence-electron chi connectivity index (χ1n) is 5.05. The lowest BCUT2D eigenvalue weighted by molar-refractivity contribution is 0.0275. The van der Waals surface area contributed by atoms with E-state index in [-0.39, 0.29) is 6.10 Å². The first-order valence-corrected chi connectivity index (χ1v) is 5.87.